The van der Waals surface area contributed by atoms with Gasteiger partial charge in [-0.2, -0.15) is 0 Å². The number of carbonyl (C=O) groups is 1. The summed E-state index contributed by atoms with van der Waals surface area (Å²) >= 11 is 0. The minimum absolute atomic E-state index is 0.148. The van der Waals surface area contributed by atoms with Crippen molar-refractivity contribution in [2.45, 2.75) is 40.2 Å². The fraction of sp³-hybridized carbons (Fsp3) is 0.929. The van der Waals surface area contributed by atoms with Gasteiger partial charge in [-0.05, 0) is 44.2 Å². The third kappa shape index (κ3) is 4.58. The third-order valence-electron chi connectivity index (χ3n) is 4.23. The smallest absolute Gasteiger partial charge is 0.234 e. The van der Waals surface area contributed by atoms with E-state index in [0.717, 1.165) is 26.1 Å². The van der Waals surface area contributed by atoms with Crippen LogP contribution in [0.4, 0.5) is 0 Å². The van der Waals surface area contributed by atoms with Crippen LogP contribution in [0, 0.1) is 17.8 Å². The average molecular weight is 255 g/mol. The summed E-state index contributed by atoms with van der Waals surface area (Å²) in [5.41, 5.74) is 5.74. The number of hydrogen-bond donors (Lipinski definition) is 2. The molecule has 1 rings (SSSR count). The molecule has 18 heavy (non-hydrogen) atoms. The van der Waals surface area contributed by atoms with Gasteiger partial charge in [0.15, 0.2) is 0 Å². The zero-order valence-electron chi connectivity index (χ0n) is 12.3. The molecular formula is C14H29N3O. The molecule has 0 aromatic rings. The highest BCUT2D eigenvalue weighted by atomic mass is 16.2. The molecule has 4 heteroatoms. The van der Waals surface area contributed by atoms with Crippen LogP contribution in [0.5, 0.6) is 0 Å². The molecule has 0 radical (unpaired) electrons. The summed E-state index contributed by atoms with van der Waals surface area (Å²) < 4.78 is 0. The van der Waals surface area contributed by atoms with E-state index in [9.17, 15) is 4.79 Å². The number of nitrogens with two attached hydrogens (primary N) is 1. The molecule has 3 unspecified atom stereocenters. The number of rotatable bonds is 5. The molecular weight excluding hydrogens is 226 g/mol. The van der Waals surface area contributed by atoms with Gasteiger partial charge >= 0.3 is 0 Å². The maximum Gasteiger partial charge on any atom is 0.234 e. The Morgan fingerprint density at radius 2 is 2.11 bits per heavy atom. The Bertz CT molecular complexity index is 268. The van der Waals surface area contributed by atoms with Gasteiger partial charge in [0.25, 0.3) is 0 Å². The van der Waals surface area contributed by atoms with E-state index in [4.69, 9.17) is 5.73 Å². The summed E-state index contributed by atoms with van der Waals surface area (Å²) in [7, 11) is 0. The second kappa shape index (κ2) is 7.10. The monoisotopic (exact) mass is 255 g/mol. The van der Waals surface area contributed by atoms with Crippen LogP contribution in [-0.2, 0) is 4.79 Å². The SMILES string of the molecule is CC(C)C(C)NC(=O)CN1CCC(CN)C(C)C1. The molecule has 3 N–H and O–H groups in total. The first kappa shape index (κ1) is 15.4. The molecule has 1 fully saturated rings. The summed E-state index contributed by atoms with van der Waals surface area (Å²) in [5.74, 6) is 1.85. The number of nitrogens with one attached hydrogen (secondary N) is 1. The molecule has 1 aliphatic heterocycles. The van der Waals surface area contributed by atoms with E-state index in [2.05, 4.69) is 37.9 Å². The molecule has 0 bridgehead atoms. The predicted octanol–water partition coefficient (Wildman–Crippen LogP) is 1.06. The lowest BCUT2D eigenvalue weighted by Gasteiger charge is -2.36. The summed E-state index contributed by atoms with van der Waals surface area (Å²) in [6.07, 6.45) is 1.12. The highest BCUT2D eigenvalue weighted by Crippen LogP contribution is 2.21. The van der Waals surface area contributed by atoms with E-state index < -0.39 is 0 Å². The van der Waals surface area contributed by atoms with E-state index in [1.54, 1.807) is 0 Å². The lowest BCUT2D eigenvalue weighted by Crippen LogP contribution is -2.48. The Hall–Kier alpha value is -0.610. The van der Waals surface area contributed by atoms with Crippen molar-refractivity contribution in [2.75, 3.05) is 26.2 Å². The van der Waals surface area contributed by atoms with Gasteiger partial charge in [-0.3, -0.25) is 9.69 Å². The molecule has 0 aromatic carbocycles. The van der Waals surface area contributed by atoms with Gasteiger partial charge in [-0.1, -0.05) is 20.8 Å². The van der Waals surface area contributed by atoms with E-state index in [1.165, 1.54) is 0 Å². The molecule has 0 spiro atoms. The highest BCUT2D eigenvalue weighted by molar-refractivity contribution is 5.78. The van der Waals surface area contributed by atoms with E-state index in [-0.39, 0.29) is 11.9 Å². The molecule has 0 saturated carbocycles. The zero-order chi connectivity index (χ0) is 13.7. The molecule has 1 amide bonds. The molecule has 4 nitrogen and oxygen atoms in total. The summed E-state index contributed by atoms with van der Waals surface area (Å²) in [6.45, 7) is 11.8. The largest absolute Gasteiger partial charge is 0.352 e. The third-order valence-corrected chi connectivity index (χ3v) is 4.23. The number of hydrogen-bond acceptors (Lipinski definition) is 3. The van der Waals surface area contributed by atoms with Gasteiger partial charge in [0.05, 0.1) is 6.54 Å². The maximum absolute atomic E-state index is 11.9. The van der Waals surface area contributed by atoms with Gasteiger partial charge in [0, 0.05) is 12.6 Å². The predicted molar refractivity (Wildman–Crippen MR) is 75.2 cm³/mol. The number of likely N-dealkylation sites (tertiary alicyclic amines) is 1. The van der Waals surface area contributed by atoms with E-state index in [1.807, 2.05) is 0 Å². The molecule has 106 valence electrons. The number of carbonyl (C=O) groups excluding carboxylic acids is 1. The normalized spacial score (nSPS) is 27.2. The second-order valence-electron chi connectivity index (χ2n) is 6.10. The van der Waals surface area contributed by atoms with E-state index >= 15 is 0 Å². The topological polar surface area (TPSA) is 58.4 Å². The number of nitrogens with zero attached hydrogens (tertiary/aromatic N) is 1. The Labute approximate surface area is 111 Å². The van der Waals surface area contributed by atoms with Crippen LogP contribution < -0.4 is 11.1 Å². The molecule has 0 aromatic heterocycles. The first-order valence-electron chi connectivity index (χ1n) is 7.15. The van der Waals surface area contributed by atoms with Crippen molar-refractivity contribution < 1.29 is 4.79 Å². The van der Waals surface area contributed by atoms with Crippen molar-refractivity contribution in [1.82, 2.24) is 10.2 Å². The van der Waals surface area contributed by atoms with Crippen LogP contribution in [0.2, 0.25) is 0 Å². The molecule has 1 heterocycles. The van der Waals surface area contributed by atoms with Gasteiger partial charge in [-0.25, -0.2) is 0 Å². The maximum atomic E-state index is 11.9. The minimum atomic E-state index is 0.148. The number of piperidine rings is 1. The van der Waals surface area contributed by atoms with Crippen LogP contribution in [0.1, 0.15) is 34.1 Å². The number of amides is 1. The fourth-order valence-electron chi connectivity index (χ4n) is 2.44. The van der Waals surface area contributed by atoms with Crippen molar-refractivity contribution in [2.24, 2.45) is 23.5 Å². The molecule has 1 saturated heterocycles. The van der Waals surface area contributed by atoms with Crippen LogP contribution in [-0.4, -0.2) is 43.0 Å². The quantitative estimate of drug-likeness (QED) is 0.772. The average Bonchev–Trinajstić information content (AvgIpc) is 2.28. The minimum Gasteiger partial charge on any atom is -0.352 e. The zero-order valence-corrected chi connectivity index (χ0v) is 12.3. The second-order valence-corrected chi connectivity index (χ2v) is 6.10. The lowest BCUT2D eigenvalue weighted by atomic mass is 9.87. The van der Waals surface area contributed by atoms with Crippen LogP contribution in [0.15, 0.2) is 0 Å². The first-order chi connectivity index (χ1) is 8.43. The van der Waals surface area contributed by atoms with Crippen LogP contribution in [0.25, 0.3) is 0 Å². The van der Waals surface area contributed by atoms with Gasteiger partial charge in [-0.15, -0.1) is 0 Å². The van der Waals surface area contributed by atoms with Crippen LogP contribution in [0.3, 0.4) is 0 Å². The molecule has 3 atom stereocenters. The van der Waals surface area contributed by atoms with Crippen molar-refractivity contribution >= 4 is 5.91 Å². The fourth-order valence-corrected chi connectivity index (χ4v) is 2.44. The Morgan fingerprint density at radius 3 is 2.61 bits per heavy atom. The van der Waals surface area contributed by atoms with Crippen molar-refractivity contribution in [1.29, 1.82) is 0 Å². The Kier molecular flexibility index (Phi) is 6.09. The van der Waals surface area contributed by atoms with Crippen molar-refractivity contribution in [3.05, 3.63) is 0 Å². The summed E-state index contributed by atoms with van der Waals surface area (Å²) in [4.78, 5) is 14.2. The molecule has 0 aliphatic carbocycles. The summed E-state index contributed by atoms with van der Waals surface area (Å²) in [5, 5.41) is 3.06. The van der Waals surface area contributed by atoms with Crippen molar-refractivity contribution in [3.8, 4) is 0 Å². The van der Waals surface area contributed by atoms with Crippen LogP contribution >= 0.6 is 0 Å². The van der Waals surface area contributed by atoms with Gasteiger partial charge in [0.2, 0.25) is 5.91 Å². The van der Waals surface area contributed by atoms with Gasteiger partial charge in [0.1, 0.15) is 0 Å². The Balaban J connectivity index is 2.33. The van der Waals surface area contributed by atoms with Gasteiger partial charge < -0.3 is 11.1 Å². The standard InChI is InChI=1S/C14H29N3O/c1-10(2)12(4)16-14(18)9-17-6-5-13(7-15)11(3)8-17/h10-13H,5-9,15H2,1-4H3,(H,16,18). The highest BCUT2D eigenvalue weighted by Gasteiger charge is 2.26. The first-order valence-corrected chi connectivity index (χ1v) is 7.15. The van der Waals surface area contributed by atoms with E-state index in [0.29, 0.717) is 24.3 Å². The van der Waals surface area contributed by atoms with Crippen molar-refractivity contribution in [3.63, 3.8) is 0 Å². The molecule has 1 aliphatic rings. The Morgan fingerprint density at radius 1 is 1.44 bits per heavy atom. The summed E-state index contributed by atoms with van der Waals surface area (Å²) in [6, 6.07) is 0.247. The lowest BCUT2D eigenvalue weighted by molar-refractivity contribution is -0.123.